The molecule has 0 N–H and O–H groups in total. The van der Waals surface area contributed by atoms with E-state index in [0.29, 0.717) is 12.1 Å². The third kappa shape index (κ3) is 3.28. The quantitative estimate of drug-likeness (QED) is 0.849. The first-order valence-electron chi connectivity index (χ1n) is 9.76. The van der Waals surface area contributed by atoms with E-state index in [0.717, 1.165) is 42.9 Å². The van der Waals surface area contributed by atoms with Crippen LogP contribution in [0.2, 0.25) is 0 Å². The Morgan fingerprint density at radius 1 is 1.15 bits per heavy atom. The number of benzene rings is 1. The first-order valence-corrected chi connectivity index (χ1v) is 9.76. The number of amides is 1. The van der Waals surface area contributed by atoms with Crippen molar-refractivity contribution in [2.75, 3.05) is 19.6 Å². The number of aryl methyl sites for hydroxylation is 1. The van der Waals surface area contributed by atoms with Crippen LogP contribution in [0.1, 0.15) is 43.0 Å². The maximum absolute atomic E-state index is 13.1. The summed E-state index contributed by atoms with van der Waals surface area (Å²) in [5, 5.41) is 0. The Labute approximate surface area is 155 Å². The lowest BCUT2D eigenvalue weighted by molar-refractivity contribution is 0.0697. The van der Waals surface area contributed by atoms with Crippen molar-refractivity contribution < 1.29 is 4.79 Å². The molecule has 0 spiro atoms. The van der Waals surface area contributed by atoms with Gasteiger partial charge in [0.1, 0.15) is 5.82 Å². The van der Waals surface area contributed by atoms with Gasteiger partial charge in [0.05, 0.1) is 0 Å². The van der Waals surface area contributed by atoms with E-state index >= 15 is 0 Å². The Morgan fingerprint density at radius 3 is 2.58 bits per heavy atom. The molecule has 0 aliphatic carbocycles. The van der Waals surface area contributed by atoms with Crippen LogP contribution in [0.5, 0.6) is 0 Å². The van der Waals surface area contributed by atoms with E-state index in [9.17, 15) is 4.79 Å². The van der Waals surface area contributed by atoms with Crippen LogP contribution >= 0.6 is 0 Å². The van der Waals surface area contributed by atoms with Crippen LogP contribution in [0.15, 0.2) is 36.7 Å². The van der Waals surface area contributed by atoms with Crippen molar-refractivity contribution in [1.29, 1.82) is 0 Å². The molecule has 1 aromatic carbocycles. The standard InChI is InChI=1S/C21H28N4O/c1-16-5-3-12-24(16)15-19-6-4-13-25(19)21(26)18-9-7-17(8-10-18)20-22-11-14-23(20)2/h7-11,14,16,19H,3-6,12-13,15H2,1-2H3/t16-,19+/m1/s1. The molecule has 2 aromatic rings. The minimum atomic E-state index is 0.172. The first kappa shape index (κ1) is 17.3. The molecule has 2 fully saturated rings. The molecule has 0 unspecified atom stereocenters. The molecular weight excluding hydrogens is 324 g/mol. The Bertz CT molecular complexity index is 767. The highest BCUT2D eigenvalue weighted by molar-refractivity contribution is 5.95. The highest BCUT2D eigenvalue weighted by Gasteiger charge is 2.32. The van der Waals surface area contributed by atoms with Crippen LogP contribution in [-0.2, 0) is 7.05 Å². The Hall–Kier alpha value is -2.14. The molecule has 2 aliphatic rings. The van der Waals surface area contributed by atoms with Gasteiger partial charge in [0.15, 0.2) is 0 Å². The molecule has 4 rings (SSSR count). The number of imidazole rings is 1. The van der Waals surface area contributed by atoms with Crippen LogP contribution in [-0.4, -0.2) is 57.0 Å². The molecule has 26 heavy (non-hydrogen) atoms. The lowest BCUT2D eigenvalue weighted by Crippen LogP contribution is -2.44. The molecule has 1 aromatic heterocycles. The van der Waals surface area contributed by atoms with Gasteiger partial charge >= 0.3 is 0 Å². The van der Waals surface area contributed by atoms with Crippen molar-refractivity contribution in [2.24, 2.45) is 7.05 Å². The van der Waals surface area contributed by atoms with Gasteiger partial charge in [-0.05, 0) is 51.3 Å². The molecule has 5 heteroatoms. The third-order valence-corrected chi connectivity index (χ3v) is 5.99. The summed E-state index contributed by atoms with van der Waals surface area (Å²) in [5.74, 6) is 1.09. The fourth-order valence-electron chi connectivity index (χ4n) is 4.40. The van der Waals surface area contributed by atoms with Gasteiger partial charge in [0, 0.05) is 55.7 Å². The highest BCUT2D eigenvalue weighted by atomic mass is 16.2. The van der Waals surface area contributed by atoms with Crippen molar-refractivity contribution in [2.45, 2.75) is 44.7 Å². The van der Waals surface area contributed by atoms with Crippen LogP contribution in [0.3, 0.4) is 0 Å². The highest BCUT2D eigenvalue weighted by Crippen LogP contribution is 2.25. The van der Waals surface area contributed by atoms with Crippen molar-refractivity contribution in [3.63, 3.8) is 0 Å². The Balaban J connectivity index is 1.47. The van der Waals surface area contributed by atoms with Gasteiger partial charge in [-0.3, -0.25) is 9.69 Å². The zero-order valence-corrected chi connectivity index (χ0v) is 15.8. The van der Waals surface area contributed by atoms with Gasteiger partial charge in [-0.2, -0.15) is 0 Å². The van der Waals surface area contributed by atoms with E-state index in [1.807, 2.05) is 42.1 Å². The van der Waals surface area contributed by atoms with Crippen LogP contribution in [0.25, 0.3) is 11.4 Å². The summed E-state index contributed by atoms with van der Waals surface area (Å²) >= 11 is 0. The molecular formula is C21H28N4O. The number of hydrogen-bond donors (Lipinski definition) is 0. The average molecular weight is 352 g/mol. The lowest BCUT2D eigenvalue weighted by atomic mass is 10.1. The largest absolute Gasteiger partial charge is 0.334 e. The molecule has 0 saturated carbocycles. The second-order valence-corrected chi connectivity index (χ2v) is 7.72. The topological polar surface area (TPSA) is 41.4 Å². The van der Waals surface area contributed by atoms with Crippen LogP contribution in [0, 0.1) is 0 Å². The number of nitrogens with zero attached hydrogens (tertiary/aromatic N) is 4. The van der Waals surface area contributed by atoms with Gasteiger partial charge in [0.2, 0.25) is 0 Å². The number of aromatic nitrogens is 2. The predicted octanol–water partition coefficient (Wildman–Crippen LogP) is 3.18. The van der Waals surface area contributed by atoms with Gasteiger partial charge in [-0.1, -0.05) is 12.1 Å². The van der Waals surface area contributed by atoms with Gasteiger partial charge < -0.3 is 9.47 Å². The van der Waals surface area contributed by atoms with Crippen molar-refractivity contribution >= 4 is 5.91 Å². The SMILES string of the molecule is C[C@@H]1CCCN1C[C@@H]1CCCN1C(=O)c1ccc(-c2nccn2C)cc1. The second kappa shape index (κ2) is 7.23. The van der Waals surface area contributed by atoms with E-state index in [1.165, 1.54) is 19.4 Å². The summed E-state index contributed by atoms with van der Waals surface area (Å²) < 4.78 is 1.99. The molecule has 1 amide bonds. The predicted molar refractivity (Wildman–Crippen MR) is 103 cm³/mol. The molecule has 3 heterocycles. The number of likely N-dealkylation sites (tertiary alicyclic amines) is 2. The normalized spacial score (nSPS) is 23.7. The van der Waals surface area contributed by atoms with E-state index in [4.69, 9.17) is 0 Å². The Morgan fingerprint density at radius 2 is 1.92 bits per heavy atom. The summed E-state index contributed by atoms with van der Waals surface area (Å²) in [7, 11) is 1.98. The number of rotatable bonds is 4. The number of carbonyl (C=O) groups is 1. The summed E-state index contributed by atoms with van der Waals surface area (Å²) in [6, 6.07) is 8.91. The third-order valence-electron chi connectivity index (χ3n) is 5.99. The first-order chi connectivity index (χ1) is 12.6. The summed E-state index contributed by atoms with van der Waals surface area (Å²) in [6.07, 6.45) is 8.54. The molecule has 2 aliphatic heterocycles. The summed E-state index contributed by atoms with van der Waals surface area (Å²) in [5.41, 5.74) is 1.82. The molecule has 138 valence electrons. The average Bonchev–Trinajstić information content (AvgIpc) is 3.38. The zero-order valence-electron chi connectivity index (χ0n) is 15.8. The number of carbonyl (C=O) groups excluding carboxylic acids is 1. The van der Waals surface area contributed by atoms with Crippen molar-refractivity contribution in [3.8, 4) is 11.4 Å². The van der Waals surface area contributed by atoms with E-state index < -0.39 is 0 Å². The summed E-state index contributed by atoms with van der Waals surface area (Å²) in [4.78, 5) is 22.1. The molecule has 5 nitrogen and oxygen atoms in total. The minimum Gasteiger partial charge on any atom is -0.334 e. The number of hydrogen-bond acceptors (Lipinski definition) is 3. The lowest BCUT2D eigenvalue weighted by Gasteiger charge is -2.30. The van der Waals surface area contributed by atoms with E-state index in [-0.39, 0.29) is 5.91 Å². The second-order valence-electron chi connectivity index (χ2n) is 7.72. The van der Waals surface area contributed by atoms with Crippen LogP contribution < -0.4 is 0 Å². The molecule has 2 atom stereocenters. The van der Waals surface area contributed by atoms with Crippen molar-refractivity contribution in [1.82, 2.24) is 19.4 Å². The zero-order chi connectivity index (χ0) is 18.1. The maximum Gasteiger partial charge on any atom is 0.254 e. The summed E-state index contributed by atoms with van der Waals surface area (Å²) in [6.45, 7) is 5.40. The van der Waals surface area contributed by atoms with Crippen LogP contribution in [0.4, 0.5) is 0 Å². The Kier molecular flexibility index (Phi) is 4.81. The smallest absolute Gasteiger partial charge is 0.254 e. The van der Waals surface area contributed by atoms with Crippen molar-refractivity contribution in [3.05, 3.63) is 42.2 Å². The molecule has 0 radical (unpaired) electrons. The van der Waals surface area contributed by atoms with Gasteiger partial charge in [0.25, 0.3) is 5.91 Å². The monoisotopic (exact) mass is 352 g/mol. The fraction of sp³-hybridized carbons (Fsp3) is 0.524. The maximum atomic E-state index is 13.1. The van der Waals surface area contributed by atoms with Gasteiger partial charge in [-0.15, -0.1) is 0 Å². The minimum absolute atomic E-state index is 0.172. The van der Waals surface area contributed by atoms with E-state index in [1.54, 1.807) is 6.20 Å². The van der Waals surface area contributed by atoms with Gasteiger partial charge in [-0.25, -0.2) is 4.98 Å². The van der Waals surface area contributed by atoms with E-state index in [2.05, 4.69) is 21.7 Å². The molecule has 0 bridgehead atoms. The fourth-order valence-corrected chi connectivity index (χ4v) is 4.40. The molecule has 2 saturated heterocycles.